The summed E-state index contributed by atoms with van der Waals surface area (Å²) in [6, 6.07) is 30.9. The average Bonchev–Trinajstić information content (AvgIpc) is 2.79. The van der Waals surface area contributed by atoms with Crippen molar-refractivity contribution in [2.45, 2.75) is 32.7 Å². The number of carboxylic acids is 1. The predicted octanol–water partition coefficient (Wildman–Crippen LogP) is 6.83. The highest BCUT2D eigenvalue weighted by Crippen LogP contribution is 2.37. The minimum Gasteiger partial charge on any atom is -0.482 e. The zero-order valence-corrected chi connectivity index (χ0v) is 19.3. The van der Waals surface area contributed by atoms with Crippen molar-refractivity contribution in [3.05, 3.63) is 102 Å². The van der Waals surface area contributed by atoms with Crippen LogP contribution in [0.5, 0.6) is 5.75 Å². The first-order valence-electron chi connectivity index (χ1n) is 11.1. The molecule has 0 unspecified atom stereocenters. The molecule has 4 aromatic carbocycles. The van der Waals surface area contributed by atoms with Gasteiger partial charge in [-0.05, 0) is 67.4 Å². The van der Waals surface area contributed by atoms with E-state index < -0.39 is 5.97 Å². The summed E-state index contributed by atoms with van der Waals surface area (Å²) in [6.07, 6.45) is 0.636. The third-order valence-electron chi connectivity index (χ3n) is 5.60. The Morgan fingerprint density at radius 3 is 2.24 bits per heavy atom. The van der Waals surface area contributed by atoms with E-state index in [1.165, 1.54) is 16.3 Å². The molecule has 0 heterocycles. The van der Waals surface area contributed by atoms with Crippen molar-refractivity contribution in [3.63, 3.8) is 0 Å². The molecule has 1 N–H and O–H groups in total. The molecule has 4 rings (SSSR count). The van der Waals surface area contributed by atoms with Gasteiger partial charge in [0.25, 0.3) is 0 Å². The van der Waals surface area contributed by atoms with Crippen LogP contribution < -0.4 is 9.64 Å². The maximum atomic E-state index is 11.2. The summed E-state index contributed by atoms with van der Waals surface area (Å²) in [7, 11) is 0. The number of carbonyl (C=O) groups is 1. The molecule has 0 aliphatic rings. The number of anilines is 2. The quantitative estimate of drug-likeness (QED) is 0.343. The zero-order valence-electron chi connectivity index (χ0n) is 19.3. The molecule has 4 nitrogen and oxygen atoms in total. The van der Waals surface area contributed by atoms with Gasteiger partial charge < -0.3 is 14.7 Å². The van der Waals surface area contributed by atoms with E-state index in [0.29, 0.717) is 12.2 Å². The van der Waals surface area contributed by atoms with Crippen LogP contribution in [-0.2, 0) is 11.2 Å². The number of para-hydroxylation sites is 1. The number of fused-ring (bicyclic) bond motifs is 1. The lowest BCUT2D eigenvalue weighted by Crippen LogP contribution is -2.37. The van der Waals surface area contributed by atoms with Crippen LogP contribution in [0.2, 0.25) is 0 Å². The maximum absolute atomic E-state index is 11.2. The van der Waals surface area contributed by atoms with Crippen LogP contribution in [0.1, 0.15) is 31.9 Å². The van der Waals surface area contributed by atoms with E-state index in [9.17, 15) is 4.79 Å². The number of hydrogen-bond acceptors (Lipinski definition) is 3. The molecule has 0 radical (unpaired) electrons. The molecule has 0 fully saturated rings. The van der Waals surface area contributed by atoms with Crippen molar-refractivity contribution in [1.29, 1.82) is 0 Å². The highest BCUT2D eigenvalue weighted by Gasteiger charge is 2.24. The van der Waals surface area contributed by atoms with Crippen molar-refractivity contribution >= 4 is 28.1 Å². The highest BCUT2D eigenvalue weighted by atomic mass is 16.5. The van der Waals surface area contributed by atoms with Gasteiger partial charge in [0.05, 0.1) is 0 Å². The SMILES string of the molecule is CC(C)(C)N(c1ccccc1)c1ccc(OCC(=O)O)c(Cc2cccc3ccccc23)c1. The van der Waals surface area contributed by atoms with Crippen LogP contribution in [0, 0.1) is 0 Å². The first-order chi connectivity index (χ1) is 15.8. The van der Waals surface area contributed by atoms with E-state index in [2.05, 4.69) is 74.2 Å². The molecule has 0 aliphatic carbocycles. The fourth-order valence-electron chi connectivity index (χ4n) is 4.28. The Balaban J connectivity index is 1.81. The zero-order chi connectivity index (χ0) is 23.4. The lowest BCUT2D eigenvalue weighted by molar-refractivity contribution is -0.139. The van der Waals surface area contributed by atoms with Crippen LogP contribution in [0.4, 0.5) is 11.4 Å². The molecular weight excluding hydrogens is 410 g/mol. The molecule has 4 heteroatoms. The van der Waals surface area contributed by atoms with E-state index in [4.69, 9.17) is 9.84 Å². The highest BCUT2D eigenvalue weighted by molar-refractivity contribution is 5.86. The summed E-state index contributed by atoms with van der Waals surface area (Å²) in [5, 5.41) is 11.5. The van der Waals surface area contributed by atoms with Crippen molar-refractivity contribution in [3.8, 4) is 5.75 Å². The van der Waals surface area contributed by atoms with E-state index in [-0.39, 0.29) is 12.1 Å². The van der Waals surface area contributed by atoms with Crippen molar-refractivity contribution < 1.29 is 14.6 Å². The molecule has 0 atom stereocenters. The van der Waals surface area contributed by atoms with E-state index in [0.717, 1.165) is 16.9 Å². The number of aliphatic carboxylic acids is 1. The van der Waals surface area contributed by atoms with Gasteiger partial charge in [0.1, 0.15) is 5.75 Å². The van der Waals surface area contributed by atoms with Gasteiger partial charge >= 0.3 is 5.97 Å². The number of hydrogen-bond donors (Lipinski definition) is 1. The molecule has 33 heavy (non-hydrogen) atoms. The van der Waals surface area contributed by atoms with Gasteiger partial charge in [0.2, 0.25) is 0 Å². The molecule has 4 aromatic rings. The predicted molar refractivity (Wildman–Crippen MR) is 135 cm³/mol. The molecular formula is C29H29NO3. The molecule has 168 valence electrons. The average molecular weight is 440 g/mol. The van der Waals surface area contributed by atoms with Crippen LogP contribution in [0.3, 0.4) is 0 Å². The first-order valence-corrected chi connectivity index (χ1v) is 11.1. The minimum absolute atomic E-state index is 0.165. The second kappa shape index (κ2) is 9.37. The van der Waals surface area contributed by atoms with Crippen LogP contribution in [0.25, 0.3) is 10.8 Å². The molecule has 0 saturated heterocycles. The van der Waals surface area contributed by atoms with Gasteiger partial charge in [-0.15, -0.1) is 0 Å². The van der Waals surface area contributed by atoms with Gasteiger partial charge in [-0.2, -0.15) is 0 Å². The Hall–Kier alpha value is -3.79. The fraction of sp³-hybridized carbons (Fsp3) is 0.207. The van der Waals surface area contributed by atoms with Gasteiger partial charge in [-0.1, -0.05) is 60.7 Å². The van der Waals surface area contributed by atoms with Gasteiger partial charge in [-0.25, -0.2) is 4.79 Å². The summed E-state index contributed by atoms with van der Waals surface area (Å²) in [6.45, 7) is 6.17. The number of benzene rings is 4. The van der Waals surface area contributed by atoms with Crippen LogP contribution in [0.15, 0.2) is 91.0 Å². The Kier molecular flexibility index (Phi) is 6.36. The Morgan fingerprint density at radius 2 is 1.52 bits per heavy atom. The summed E-state index contributed by atoms with van der Waals surface area (Å²) in [5.74, 6) is -0.396. The number of carboxylic acid groups (broad SMARTS) is 1. The van der Waals surface area contributed by atoms with Crippen molar-refractivity contribution in [2.75, 3.05) is 11.5 Å². The summed E-state index contributed by atoms with van der Waals surface area (Å²) in [5.41, 5.74) is 4.09. The normalized spacial score (nSPS) is 11.4. The van der Waals surface area contributed by atoms with E-state index >= 15 is 0 Å². The van der Waals surface area contributed by atoms with Gasteiger partial charge in [0.15, 0.2) is 6.61 Å². The van der Waals surface area contributed by atoms with Crippen LogP contribution in [-0.4, -0.2) is 23.2 Å². The third kappa shape index (κ3) is 5.17. The van der Waals surface area contributed by atoms with Gasteiger partial charge in [-0.3, -0.25) is 0 Å². The van der Waals surface area contributed by atoms with Crippen LogP contribution >= 0.6 is 0 Å². The molecule has 0 amide bonds. The van der Waals surface area contributed by atoms with Crippen molar-refractivity contribution in [2.24, 2.45) is 0 Å². The second-order valence-electron chi connectivity index (χ2n) is 9.13. The molecule has 0 saturated carbocycles. The minimum atomic E-state index is -0.990. The fourth-order valence-corrected chi connectivity index (χ4v) is 4.28. The molecule has 0 aromatic heterocycles. The summed E-state index contributed by atoms with van der Waals surface area (Å²) < 4.78 is 5.69. The molecule has 0 aliphatic heterocycles. The largest absolute Gasteiger partial charge is 0.482 e. The Bertz CT molecular complexity index is 1250. The topological polar surface area (TPSA) is 49.8 Å². The van der Waals surface area contributed by atoms with E-state index in [1.807, 2.05) is 42.5 Å². The Morgan fingerprint density at radius 1 is 0.818 bits per heavy atom. The monoisotopic (exact) mass is 439 g/mol. The molecule has 0 bridgehead atoms. The smallest absolute Gasteiger partial charge is 0.341 e. The Labute approximate surface area is 195 Å². The van der Waals surface area contributed by atoms with Gasteiger partial charge in [0, 0.05) is 28.9 Å². The summed E-state index contributed by atoms with van der Waals surface area (Å²) >= 11 is 0. The second-order valence-corrected chi connectivity index (χ2v) is 9.13. The number of ether oxygens (including phenoxy) is 1. The first kappa shape index (κ1) is 22.4. The third-order valence-corrected chi connectivity index (χ3v) is 5.60. The summed E-state index contributed by atoms with van der Waals surface area (Å²) in [4.78, 5) is 13.5. The van der Waals surface area contributed by atoms with E-state index in [1.54, 1.807) is 0 Å². The maximum Gasteiger partial charge on any atom is 0.341 e. The number of rotatable bonds is 7. The molecule has 0 spiro atoms. The number of nitrogens with zero attached hydrogens (tertiary/aromatic N) is 1. The lowest BCUT2D eigenvalue weighted by Gasteiger charge is -2.38. The van der Waals surface area contributed by atoms with Crippen molar-refractivity contribution in [1.82, 2.24) is 0 Å². The lowest BCUT2D eigenvalue weighted by atomic mass is 9.96. The standard InChI is InChI=1S/C29H29NO3/c1-29(2,3)30(24-13-5-4-6-14-24)25-16-17-27(33-20-28(31)32)23(19-25)18-22-12-9-11-21-10-7-8-15-26(21)22/h4-17,19H,18,20H2,1-3H3,(H,31,32).